The largest absolute Gasteiger partial charge is 0.394 e. The Morgan fingerprint density at radius 1 is 1.23 bits per heavy atom. The summed E-state index contributed by atoms with van der Waals surface area (Å²) in [5.41, 5.74) is -0.551. The molecule has 0 aliphatic heterocycles. The summed E-state index contributed by atoms with van der Waals surface area (Å²) in [6.07, 6.45) is 1.01. The molecule has 0 aromatic rings. The van der Waals surface area contributed by atoms with E-state index in [-0.39, 0.29) is 13.2 Å². The summed E-state index contributed by atoms with van der Waals surface area (Å²) >= 11 is 0. The van der Waals surface area contributed by atoms with Gasteiger partial charge in [0.1, 0.15) is 0 Å². The fraction of sp³-hybridized carbons (Fsp3) is 1.00. The van der Waals surface area contributed by atoms with Gasteiger partial charge < -0.3 is 15.5 Å². The summed E-state index contributed by atoms with van der Waals surface area (Å²) in [5.74, 6) is 0.516. The molecule has 0 fully saturated rings. The van der Waals surface area contributed by atoms with Crippen molar-refractivity contribution in [1.29, 1.82) is 0 Å². The van der Waals surface area contributed by atoms with Gasteiger partial charge >= 0.3 is 0 Å². The van der Waals surface area contributed by atoms with Crippen LogP contribution in [-0.4, -0.2) is 35.0 Å². The zero-order valence-corrected chi connectivity index (χ0v) is 9.17. The first kappa shape index (κ1) is 12.9. The van der Waals surface area contributed by atoms with E-state index in [0.29, 0.717) is 12.0 Å². The molecule has 13 heavy (non-hydrogen) atoms. The van der Waals surface area contributed by atoms with Crippen LogP contribution in [0.5, 0.6) is 0 Å². The number of hydrogen-bond donors (Lipinski definition) is 3. The fourth-order valence-corrected chi connectivity index (χ4v) is 1.33. The molecular formula is C10H23NO2. The van der Waals surface area contributed by atoms with Crippen molar-refractivity contribution in [1.82, 2.24) is 5.32 Å². The number of aliphatic hydroxyl groups is 2. The molecule has 0 aliphatic rings. The minimum atomic E-state index is -0.551. The van der Waals surface area contributed by atoms with Crippen molar-refractivity contribution in [3.8, 4) is 0 Å². The lowest BCUT2D eigenvalue weighted by atomic mass is 9.96. The van der Waals surface area contributed by atoms with Crippen molar-refractivity contribution in [2.45, 2.75) is 45.7 Å². The van der Waals surface area contributed by atoms with Gasteiger partial charge in [0.05, 0.1) is 18.8 Å². The highest BCUT2D eigenvalue weighted by Crippen LogP contribution is 2.11. The Hall–Kier alpha value is -0.120. The van der Waals surface area contributed by atoms with E-state index < -0.39 is 5.54 Å². The Kier molecular flexibility index (Phi) is 5.53. The van der Waals surface area contributed by atoms with Crippen molar-refractivity contribution >= 4 is 0 Å². The van der Waals surface area contributed by atoms with E-state index in [0.717, 1.165) is 6.42 Å². The van der Waals surface area contributed by atoms with Gasteiger partial charge in [0.2, 0.25) is 0 Å². The molecule has 0 aromatic carbocycles. The maximum Gasteiger partial charge on any atom is 0.0633 e. The minimum Gasteiger partial charge on any atom is -0.394 e. The topological polar surface area (TPSA) is 52.5 Å². The SMILES string of the molecule is CCC(NC(C)(CO)CO)C(C)C. The molecule has 3 heteroatoms. The summed E-state index contributed by atoms with van der Waals surface area (Å²) in [4.78, 5) is 0. The van der Waals surface area contributed by atoms with Crippen LogP contribution in [-0.2, 0) is 0 Å². The predicted molar refractivity (Wildman–Crippen MR) is 54.6 cm³/mol. The molecule has 0 bridgehead atoms. The number of aliphatic hydroxyl groups excluding tert-OH is 2. The van der Waals surface area contributed by atoms with Gasteiger partial charge in [-0.2, -0.15) is 0 Å². The van der Waals surface area contributed by atoms with E-state index in [1.807, 2.05) is 6.92 Å². The smallest absolute Gasteiger partial charge is 0.0633 e. The summed E-state index contributed by atoms with van der Waals surface area (Å²) in [7, 11) is 0. The third-order valence-corrected chi connectivity index (χ3v) is 2.48. The van der Waals surface area contributed by atoms with Crippen LogP contribution in [0.15, 0.2) is 0 Å². The molecule has 1 atom stereocenters. The Morgan fingerprint density at radius 2 is 1.69 bits per heavy atom. The highest BCUT2D eigenvalue weighted by molar-refractivity contribution is 4.86. The third-order valence-electron chi connectivity index (χ3n) is 2.48. The number of nitrogens with one attached hydrogen (secondary N) is 1. The number of rotatable bonds is 6. The summed E-state index contributed by atoms with van der Waals surface area (Å²) in [6.45, 7) is 8.14. The van der Waals surface area contributed by atoms with Crippen LogP contribution in [0, 0.1) is 5.92 Å². The molecule has 0 aromatic heterocycles. The quantitative estimate of drug-likeness (QED) is 0.578. The van der Waals surface area contributed by atoms with Gasteiger partial charge in [-0.1, -0.05) is 20.8 Å². The zero-order valence-electron chi connectivity index (χ0n) is 9.17. The molecule has 3 N–H and O–H groups in total. The molecule has 3 nitrogen and oxygen atoms in total. The summed E-state index contributed by atoms with van der Waals surface area (Å²) < 4.78 is 0. The number of hydrogen-bond acceptors (Lipinski definition) is 3. The lowest BCUT2D eigenvalue weighted by molar-refractivity contribution is 0.0868. The molecule has 0 saturated heterocycles. The van der Waals surface area contributed by atoms with E-state index in [2.05, 4.69) is 26.1 Å². The minimum absolute atomic E-state index is 0.0350. The second kappa shape index (κ2) is 5.58. The fourth-order valence-electron chi connectivity index (χ4n) is 1.33. The second-order valence-electron chi connectivity index (χ2n) is 4.28. The van der Waals surface area contributed by atoms with E-state index >= 15 is 0 Å². The van der Waals surface area contributed by atoms with Crippen molar-refractivity contribution in [2.24, 2.45) is 5.92 Å². The Bertz CT molecular complexity index is 133. The average molecular weight is 189 g/mol. The van der Waals surface area contributed by atoms with Crippen LogP contribution in [0.2, 0.25) is 0 Å². The van der Waals surface area contributed by atoms with E-state index in [1.165, 1.54) is 0 Å². The van der Waals surface area contributed by atoms with Gasteiger partial charge in [0.25, 0.3) is 0 Å². The van der Waals surface area contributed by atoms with E-state index in [9.17, 15) is 0 Å². The molecule has 0 rings (SSSR count). The van der Waals surface area contributed by atoms with Gasteiger partial charge in [0, 0.05) is 6.04 Å². The van der Waals surface area contributed by atoms with Crippen LogP contribution in [0.3, 0.4) is 0 Å². The van der Waals surface area contributed by atoms with Crippen molar-refractivity contribution in [2.75, 3.05) is 13.2 Å². The molecule has 0 amide bonds. The Morgan fingerprint density at radius 3 is 1.92 bits per heavy atom. The standard InChI is InChI=1S/C10H23NO2/c1-5-9(8(2)3)11-10(4,6-12)7-13/h8-9,11-13H,5-7H2,1-4H3. The Labute approximate surface area is 81.2 Å². The van der Waals surface area contributed by atoms with Gasteiger partial charge in [-0.25, -0.2) is 0 Å². The maximum absolute atomic E-state index is 9.09. The molecule has 1 unspecified atom stereocenters. The van der Waals surface area contributed by atoms with Crippen LogP contribution in [0.25, 0.3) is 0 Å². The van der Waals surface area contributed by atoms with Crippen LogP contribution >= 0.6 is 0 Å². The molecule has 0 heterocycles. The molecule has 0 spiro atoms. The highest BCUT2D eigenvalue weighted by atomic mass is 16.3. The van der Waals surface area contributed by atoms with Crippen LogP contribution in [0.4, 0.5) is 0 Å². The monoisotopic (exact) mass is 189 g/mol. The molecular weight excluding hydrogens is 166 g/mol. The lowest BCUT2D eigenvalue weighted by Gasteiger charge is -2.33. The van der Waals surface area contributed by atoms with Crippen LogP contribution in [0.1, 0.15) is 34.1 Å². The Balaban J connectivity index is 4.19. The second-order valence-corrected chi connectivity index (χ2v) is 4.28. The van der Waals surface area contributed by atoms with Crippen molar-refractivity contribution in [3.05, 3.63) is 0 Å². The van der Waals surface area contributed by atoms with Gasteiger partial charge in [0.15, 0.2) is 0 Å². The zero-order chi connectivity index (χ0) is 10.5. The van der Waals surface area contributed by atoms with Crippen molar-refractivity contribution in [3.63, 3.8) is 0 Å². The predicted octanol–water partition coefficient (Wildman–Crippen LogP) is 0.754. The van der Waals surface area contributed by atoms with E-state index in [4.69, 9.17) is 10.2 Å². The highest BCUT2D eigenvalue weighted by Gasteiger charge is 2.26. The van der Waals surface area contributed by atoms with Gasteiger partial charge in [-0.15, -0.1) is 0 Å². The first-order chi connectivity index (χ1) is 5.99. The third kappa shape index (κ3) is 4.07. The summed E-state index contributed by atoms with van der Waals surface area (Å²) in [6, 6.07) is 0.351. The van der Waals surface area contributed by atoms with Crippen LogP contribution < -0.4 is 5.32 Å². The van der Waals surface area contributed by atoms with E-state index in [1.54, 1.807) is 0 Å². The first-order valence-electron chi connectivity index (χ1n) is 4.98. The molecule has 0 saturated carbocycles. The summed E-state index contributed by atoms with van der Waals surface area (Å²) in [5, 5.41) is 21.5. The molecule has 80 valence electrons. The maximum atomic E-state index is 9.09. The van der Waals surface area contributed by atoms with Gasteiger partial charge in [-0.05, 0) is 19.3 Å². The molecule has 0 aliphatic carbocycles. The van der Waals surface area contributed by atoms with Gasteiger partial charge in [-0.3, -0.25) is 0 Å². The van der Waals surface area contributed by atoms with Crippen molar-refractivity contribution < 1.29 is 10.2 Å². The average Bonchev–Trinajstić information content (AvgIpc) is 2.13. The lowest BCUT2D eigenvalue weighted by Crippen LogP contribution is -2.54. The molecule has 0 radical (unpaired) electrons. The first-order valence-corrected chi connectivity index (χ1v) is 4.98. The normalized spacial score (nSPS) is 15.0.